The number of nitrogens with one attached hydrogen (secondary N) is 3. The van der Waals surface area contributed by atoms with Crippen LogP contribution in [0.1, 0.15) is 20.8 Å². The van der Waals surface area contributed by atoms with Crippen molar-refractivity contribution in [3.05, 3.63) is 0 Å². The quantitative estimate of drug-likeness (QED) is 0.653. The van der Waals surface area contributed by atoms with E-state index in [1.165, 1.54) is 0 Å². The Bertz CT molecular complexity index is 557. The third kappa shape index (κ3) is 5.90. The molecule has 0 saturated heterocycles. The Balaban J connectivity index is 3.09. The van der Waals surface area contributed by atoms with Gasteiger partial charge in [-0.15, -0.1) is 10.2 Å². The predicted molar refractivity (Wildman–Crippen MR) is 81.8 cm³/mol. The second-order valence-corrected chi connectivity index (χ2v) is 3.90. The fourth-order valence-electron chi connectivity index (χ4n) is 1.41. The van der Waals surface area contributed by atoms with Gasteiger partial charge in [0.15, 0.2) is 11.6 Å². The van der Waals surface area contributed by atoms with Gasteiger partial charge in [-0.05, 0) is 26.0 Å². The van der Waals surface area contributed by atoms with Crippen LogP contribution in [0.2, 0.25) is 0 Å². The first kappa shape index (κ1) is 18.9. The van der Waals surface area contributed by atoms with Gasteiger partial charge in [0.25, 0.3) is 0 Å². The van der Waals surface area contributed by atoms with Gasteiger partial charge in [0.05, 0.1) is 19.8 Å². The summed E-state index contributed by atoms with van der Waals surface area (Å²) in [5.41, 5.74) is -0.135. The van der Waals surface area contributed by atoms with Crippen LogP contribution < -0.4 is 16.0 Å². The minimum Gasteiger partial charge on any atom is -0.450 e. The van der Waals surface area contributed by atoms with E-state index < -0.39 is 18.3 Å². The Hall–Kier alpha value is -3.18. The molecular weight excluding hydrogens is 324 g/mol. The van der Waals surface area contributed by atoms with E-state index in [4.69, 9.17) is 14.2 Å². The van der Waals surface area contributed by atoms with Crippen molar-refractivity contribution in [1.82, 2.24) is 15.4 Å². The molecule has 1 rings (SSSR count). The average Bonchev–Trinajstić information content (AvgIpc) is 2.51. The van der Waals surface area contributed by atoms with Crippen LogP contribution in [0.25, 0.3) is 0 Å². The van der Waals surface area contributed by atoms with E-state index in [2.05, 4.69) is 31.4 Å². The molecule has 132 valence electrons. The summed E-state index contributed by atoms with van der Waals surface area (Å²) in [4.78, 5) is 34.7. The van der Waals surface area contributed by atoms with Gasteiger partial charge >= 0.3 is 18.3 Å². The van der Waals surface area contributed by atoms with E-state index in [0.717, 1.165) is 0 Å². The standard InChI is InChI=1S/C12H18N6O6/c1-4-22-10(19)13-7-8(14-11(20)23-5-2)16-18-17-9(7)15-12(21)24-6-3/h4-6H2,1-3H3,(H,13,18,19)(H2,14,15,16,17,20,21). The molecule has 0 atom stereocenters. The number of nitrogens with zero attached hydrogens (tertiary/aromatic N) is 3. The van der Waals surface area contributed by atoms with Gasteiger partial charge in [0.2, 0.25) is 0 Å². The Labute approximate surface area is 137 Å². The van der Waals surface area contributed by atoms with Crippen LogP contribution >= 0.6 is 0 Å². The first-order valence-corrected chi connectivity index (χ1v) is 7.06. The lowest BCUT2D eigenvalue weighted by molar-refractivity contribution is 0.166. The molecule has 0 bridgehead atoms. The minimum absolute atomic E-state index is 0.110. The van der Waals surface area contributed by atoms with Gasteiger partial charge < -0.3 is 14.2 Å². The van der Waals surface area contributed by atoms with Crippen LogP contribution in [-0.2, 0) is 14.2 Å². The molecule has 0 radical (unpaired) electrons. The van der Waals surface area contributed by atoms with Crippen molar-refractivity contribution in [2.75, 3.05) is 35.8 Å². The second-order valence-electron chi connectivity index (χ2n) is 3.90. The summed E-state index contributed by atoms with van der Waals surface area (Å²) in [6.07, 6.45) is -2.50. The van der Waals surface area contributed by atoms with E-state index in [9.17, 15) is 14.4 Å². The predicted octanol–water partition coefficient (Wildman–Crippen LogP) is 1.58. The molecule has 12 nitrogen and oxygen atoms in total. The molecule has 0 unspecified atom stereocenters. The molecule has 0 fully saturated rings. The van der Waals surface area contributed by atoms with Crippen LogP contribution in [0, 0.1) is 0 Å². The van der Waals surface area contributed by atoms with Gasteiger partial charge in [-0.3, -0.25) is 16.0 Å². The molecule has 0 saturated carbocycles. The van der Waals surface area contributed by atoms with Crippen molar-refractivity contribution in [2.24, 2.45) is 0 Å². The van der Waals surface area contributed by atoms with Gasteiger partial charge in [0.1, 0.15) is 5.69 Å². The van der Waals surface area contributed by atoms with Gasteiger partial charge in [0, 0.05) is 0 Å². The zero-order chi connectivity index (χ0) is 17.9. The average molecular weight is 342 g/mol. The van der Waals surface area contributed by atoms with Crippen LogP contribution in [-0.4, -0.2) is 53.5 Å². The van der Waals surface area contributed by atoms with Crippen molar-refractivity contribution < 1.29 is 28.6 Å². The molecule has 0 aliphatic heterocycles. The molecule has 1 heterocycles. The summed E-state index contributed by atoms with van der Waals surface area (Å²) in [5, 5.41) is 17.4. The molecule has 1 aromatic rings. The Morgan fingerprint density at radius 1 is 0.750 bits per heavy atom. The number of carbonyl (C=O) groups excluding carboxylic acids is 3. The Morgan fingerprint density at radius 2 is 1.12 bits per heavy atom. The minimum atomic E-state index is -0.842. The Morgan fingerprint density at radius 3 is 1.50 bits per heavy atom. The van der Waals surface area contributed by atoms with E-state index in [-0.39, 0.29) is 37.1 Å². The monoisotopic (exact) mass is 342 g/mol. The van der Waals surface area contributed by atoms with Crippen molar-refractivity contribution in [3.8, 4) is 0 Å². The maximum Gasteiger partial charge on any atom is 0.412 e. The Kier molecular flexibility index (Phi) is 7.67. The molecule has 0 spiro atoms. The molecule has 1 aromatic heterocycles. The van der Waals surface area contributed by atoms with E-state index in [0.29, 0.717) is 0 Å². The van der Waals surface area contributed by atoms with Crippen molar-refractivity contribution in [3.63, 3.8) is 0 Å². The SMILES string of the molecule is CCOC(=O)Nc1nnnc(NC(=O)OCC)c1NC(=O)OCC. The fraction of sp³-hybridized carbons (Fsp3) is 0.500. The first-order chi connectivity index (χ1) is 11.5. The van der Waals surface area contributed by atoms with Crippen LogP contribution in [0.3, 0.4) is 0 Å². The van der Waals surface area contributed by atoms with Crippen LogP contribution in [0.4, 0.5) is 31.7 Å². The smallest absolute Gasteiger partial charge is 0.412 e. The summed E-state index contributed by atoms with van der Waals surface area (Å²) in [5.74, 6) is -0.383. The molecule has 0 aromatic carbocycles. The highest BCUT2D eigenvalue weighted by atomic mass is 16.6. The fourth-order valence-corrected chi connectivity index (χ4v) is 1.41. The molecule has 0 aliphatic rings. The van der Waals surface area contributed by atoms with Crippen molar-refractivity contribution in [2.45, 2.75) is 20.8 Å². The lowest BCUT2D eigenvalue weighted by atomic mass is 10.4. The second kappa shape index (κ2) is 9.76. The normalized spacial score (nSPS) is 9.62. The largest absolute Gasteiger partial charge is 0.450 e. The molecule has 3 amide bonds. The van der Waals surface area contributed by atoms with E-state index >= 15 is 0 Å². The maximum atomic E-state index is 11.6. The zero-order valence-corrected chi connectivity index (χ0v) is 13.4. The molecule has 0 aliphatic carbocycles. The molecule has 12 heteroatoms. The van der Waals surface area contributed by atoms with Gasteiger partial charge in [-0.1, -0.05) is 0 Å². The van der Waals surface area contributed by atoms with Gasteiger partial charge in [-0.2, -0.15) is 0 Å². The summed E-state index contributed by atoms with van der Waals surface area (Å²) in [7, 11) is 0. The van der Waals surface area contributed by atoms with E-state index in [1.54, 1.807) is 20.8 Å². The summed E-state index contributed by atoms with van der Waals surface area (Å²) in [6.45, 7) is 5.20. The lowest BCUT2D eigenvalue weighted by Crippen LogP contribution is -2.23. The molecule has 3 N–H and O–H groups in total. The van der Waals surface area contributed by atoms with E-state index in [1.807, 2.05) is 0 Å². The topological polar surface area (TPSA) is 154 Å². The number of carbonyl (C=O) groups is 3. The van der Waals surface area contributed by atoms with Crippen molar-refractivity contribution >= 4 is 35.6 Å². The number of amides is 3. The molecular formula is C12H18N6O6. The highest BCUT2D eigenvalue weighted by Crippen LogP contribution is 2.26. The number of ether oxygens (including phenoxy) is 3. The van der Waals surface area contributed by atoms with Crippen molar-refractivity contribution in [1.29, 1.82) is 0 Å². The number of hydrogen-bond acceptors (Lipinski definition) is 9. The number of hydrogen-bond donors (Lipinski definition) is 3. The highest BCUT2D eigenvalue weighted by Gasteiger charge is 2.20. The summed E-state index contributed by atoms with van der Waals surface area (Å²) in [6, 6.07) is 0. The number of aromatic nitrogens is 3. The highest BCUT2D eigenvalue weighted by molar-refractivity contribution is 6.00. The zero-order valence-electron chi connectivity index (χ0n) is 13.4. The third-order valence-corrected chi connectivity index (χ3v) is 2.26. The lowest BCUT2D eigenvalue weighted by Gasteiger charge is -2.13. The summed E-state index contributed by atoms with van der Waals surface area (Å²) < 4.78 is 14.2. The summed E-state index contributed by atoms with van der Waals surface area (Å²) >= 11 is 0. The number of rotatable bonds is 6. The first-order valence-electron chi connectivity index (χ1n) is 7.06. The molecule has 24 heavy (non-hydrogen) atoms. The van der Waals surface area contributed by atoms with Crippen LogP contribution in [0.15, 0.2) is 0 Å². The van der Waals surface area contributed by atoms with Gasteiger partial charge in [-0.25, -0.2) is 14.4 Å². The maximum absolute atomic E-state index is 11.6. The third-order valence-electron chi connectivity index (χ3n) is 2.26. The number of anilines is 3. The van der Waals surface area contributed by atoms with Crippen LogP contribution in [0.5, 0.6) is 0 Å².